The van der Waals surface area contributed by atoms with Crippen molar-refractivity contribution in [1.82, 2.24) is 9.97 Å². The summed E-state index contributed by atoms with van der Waals surface area (Å²) in [5, 5.41) is 6.62. The predicted molar refractivity (Wildman–Crippen MR) is 99.7 cm³/mol. The van der Waals surface area contributed by atoms with Gasteiger partial charge in [-0.3, -0.25) is 0 Å². The highest BCUT2D eigenvalue weighted by Crippen LogP contribution is 2.27. The summed E-state index contributed by atoms with van der Waals surface area (Å²) in [7, 11) is 0. The zero-order valence-electron chi connectivity index (χ0n) is 15.1. The van der Waals surface area contributed by atoms with Gasteiger partial charge in [0.15, 0.2) is 0 Å². The minimum atomic E-state index is 0.102. The Hall–Kier alpha value is -2.34. The van der Waals surface area contributed by atoms with Crippen molar-refractivity contribution >= 4 is 17.5 Å². The fourth-order valence-electron chi connectivity index (χ4n) is 2.79. The molecule has 2 heterocycles. The summed E-state index contributed by atoms with van der Waals surface area (Å²) < 4.78 is 11.5. The molecule has 0 spiro atoms. The van der Waals surface area contributed by atoms with Gasteiger partial charge in [-0.25, -0.2) is 4.98 Å². The molecule has 2 aromatic rings. The van der Waals surface area contributed by atoms with Crippen molar-refractivity contribution in [2.24, 2.45) is 0 Å². The van der Waals surface area contributed by atoms with Gasteiger partial charge in [-0.15, -0.1) is 0 Å². The van der Waals surface area contributed by atoms with Gasteiger partial charge >= 0.3 is 0 Å². The average Bonchev–Trinajstić information content (AvgIpc) is 3.07. The molecular formula is C19H26N4O2. The molecule has 0 bridgehead atoms. The van der Waals surface area contributed by atoms with Gasteiger partial charge < -0.3 is 20.1 Å². The van der Waals surface area contributed by atoms with Crippen molar-refractivity contribution in [1.29, 1.82) is 0 Å². The molecule has 3 rings (SSSR count). The number of para-hydroxylation sites is 2. The first-order chi connectivity index (χ1) is 12.1. The van der Waals surface area contributed by atoms with E-state index in [0.29, 0.717) is 5.95 Å². The Balaban J connectivity index is 1.72. The lowest BCUT2D eigenvalue weighted by Gasteiger charge is -2.16. The number of hydrogen-bond donors (Lipinski definition) is 2. The molecule has 0 aliphatic carbocycles. The highest BCUT2D eigenvalue weighted by molar-refractivity contribution is 5.63. The van der Waals surface area contributed by atoms with Crippen molar-refractivity contribution in [3.63, 3.8) is 0 Å². The molecule has 1 aliphatic rings. The Morgan fingerprint density at radius 1 is 1.28 bits per heavy atom. The van der Waals surface area contributed by atoms with Crippen LogP contribution in [0.5, 0.6) is 5.75 Å². The lowest BCUT2D eigenvalue weighted by atomic mass is 10.2. The quantitative estimate of drug-likeness (QED) is 0.795. The monoisotopic (exact) mass is 342 g/mol. The third-order valence-electron chi connectivity index (χ3n) is 3.89. The van der Waals surface area contributed by atoms with Crippen molar-refractivity contribution in [2.45, 2.75) is 45.8 Å². The van der Waals surface area contributed by atoms with Crippen LogP contribution in [0, 0.1) is 6.92 Å². The van der Waals surface area contributed by atoms with E-state index in [1.807, 2.05) is 51.1 Å². The molecule has 0 saturated carbocycles. The molecule has 1 aliphatic heterocycles. The second-order valence-electron chi connectivity index (χ2n) is 6.52. The highest BCUT2D eigenvalue weighted by atomic mass is 16.5. The SMILES string of the molecule is Cc1cc(NCC2CCCO2)nc(Nc2ccccc2OC(C)C)n1. The van der Waals surface area contributed by atoms with E-state index in [0.717, 1.165) is 48.9 Å². The number of aromatic nitrogens is 2. The second kappa shape index (κ2) is 8.16. The van der Waals surface area contributed by atoms with Gasteiger partial charge in [0.05, 0.1) is 17.9 Å². The van der Waals surface area contributed by atoms with E-state index >= 15 is 0 Å². The lowest BCUT2D eigenvalue weighted by molar-refractivity contribution is 0.120. The number of nitrogens with one attached hydrogen (secondary N) is 2. The van der Waals surface area contributed by atoms with E-state index in [-0.39, 0.29) is 12.2 Å². The zero-order valence-corrected chi connectivity index (χ0v) is 15.1. The van der Waals surface area contributed by atoms with Crippen LogP contribution in [0.1, 0.15) is 32.4 Å². The van der Waals surface area contributed by atoms with Gasteiger partial charge in [0.2, 0.25) is 5.95 Å². The molecule has 6 heteroatoms. The first-order valence-corrected chi connectivity index (χ1v) is 8.84. The van der Waals surface area contributed by atoms with Crippen molar-refractivity contribution < 1.29 is 9.47 Å². The average molecular weight is 342 g/mol. The molecule has 0 radical (unpaired) electrons. The Morgan fingerprint density at radius 3 is 2.88 bits per heavy atom. The van der Waals surface area contributed by atoms with Crippen LogP contribution >= 0.6 is 0 Å². The van der Waals surface area contributed by atoms with E-state index in [9.17, 15) is 0 Å². The van der Waals surface area contributed by atoms with Gasteiger partial charge in [-0.1, -0.05) is 12.1 Å². The Bertz CT molecular complexity index is 700. The Labute approximate surface area is 149 Å². The van der Waals surface area contributed by atoms with E-state index in [2.05, 4.69) is 20.6 Å². The minimum absolute atomic E-state index is 0.102. The summed E-state index contributed by atoms with van der Waals surface area (Å²) in [4.78, 5) is 9.05. The van der Waals surface area contributed by atoms with Crippen LogP contribution in [-0.4, -0.2) is 35.3 Å². The molecule has 1 unspecified atom stereocenters. The number of nitrogens with zero attached hydrogens (tertiary/aromatic N) is 2. The van der Waals surface area contributed by atoms with E-state index < -0.39 is 0 Å². The van der Waals surface area contributed by atoms with Gasteiger partial charge in [-0.2, -0.15) is 4.98 Å². The van der Waals surface area contributed by atoms with Crippen LogP contribution in [0.25, 0.3) is 0 Å². The van der Waals surface area contributed by atoms with Gasteiger partial charge in [-0.05, 0) is 45.7 Å². The molecule has 1 saturated heterocycles. The standard InChI is InChI=1S/C19H26N4O2/c1-13(2)25-17-9-5-4-8-16(17)22-19-21-14(3)11-18(23-19)20-12-15-7-6-10-24-15/h4-5,8-9,11,13,15H,6-7,10,12H2,1-3H3,(H2,20,21,22,23). The van der Waals surface area contributed by atoms with Gasteiger partial charge in [0.25, 0.3) is 0 Å². The largest absolute Gasteiger partial charge is 0.489 e. The number of hydrogen-bond acceptors (Lipinski definition) is 6. The van der Waals surface area contributed by atoms with Crippen molar-refractivity contribution in [2.75, 3.05) is 23.8 Å². The van der Waals surface area contributed by atoms with Crippen LogP contribution < -0.4 is 15.4 Å². The highest BCUT2D eigenvalue weighted by Gasteiger charge is 2.15. The summed E-state index contributed by atoms with van der Waals surface area (Å²) in [6.45, 7) is 7.60. The topological polar surface area (TPSA) is 68.3 Å². The van der Waals surface area contributed by atoms with Crippen LogP contribution in [0.15, 0.2) is 30.3 Å². The van der Waals surface area contributed by atoms with E-state index in [1.54, 1.807) is 0 Å². The van der Waals surface area contributed by atoms with Crippen LogP contribution in [-0.2, 0) is 4.74 Å². The number of ether oxygens (including phenoxy) is 2. The molecule has 2 N–H and O–H groups in total. The summed E-state index contributed by atoms with van der Waals surface area (Å²) in [6.07, 6.45) is 2.60. The van der Waals surface area contributed by atoms with Crippen molar-refractivity contribution in [3.05, 3.63) is 36.0 Å². The molecule has 1 fully saturated rings. The third-order valence-corrected chi connectivity index (χ3v) is 3.89. The maximum atomic E-state index is 5.84. The summed E-state index contributed by atoms with van der Waals surface area (Å²) >= 11 is 0. The number of aryl methyl sites for hydroxylation is 1. The second-order valence-corrected chi connectivity index (χ2v) is 6.52. The van der Waals surface area contributed by atoms with Gasteiger partial charge in [0, 0.05) is 24.9 Å². The fraction of sp³-hybridized carbons (Fsp3) is 0.474. The third kappa shape index (κ3) is 5.06. The lowest BCUT2D eigenvalue weighted by Crippen LogP contribution is -2.19. The molecule has 134 valence electrons. The number of benzene rings is 1. The Kier molecular flexibility index (Phi) is 5.71. The molecule has 0 amide bonds. The van der Waals surface area contributed by atoms with Crippen LogP contribution in [0.4, 0.5) is 17.5 Å². The van der Waals surface area contributed by atoms with Crippen LogP contribution in [0.3, 0.4) is 0 Å². The molecule has 6 nitrogen and oxygen atoms in total. The first kappa shape index (κ1) is 17.5. The molecule has 25 heavy (non-hydrogen) atoms. The summed E-state index contributed by atoms with van der Waals surface area (Å²) in [5.74, 6) is 2.14. The number of rotatable bonds is 7. The normalized spacial score (nSPS) is 16.9. The Morgan fingerprint density at radius 2 is 2.12 bits per heavy atom. The molecule has 1 atom stereocenters. The summed E-state index contributed by atoms with van der Waals surface area (Å²) in [5.41, 5.74) is 1.75. The van der Waals surface area contributed by atoms with E-state index in [4.69, 9.17) is 9.47 Å². The minimum Gasteiger partial charge on any atom is -0.489 e. The predicted octanol–water partition coefficient (Wildman–Crippen LogP) is 3.91. The van der Waals surface area contributed by atoms with E-state index in [1.165, 1.54) is 0 Å². The van der Waals surface area contributed by atoms with Crippen molar-refractivity contribution in [3.8, 4) is 5.75 Å². The summed E-state index contributed by atoms with van der Waals surface area (Å²) in [6, 6.07) is 9.75. The zero-order chi connectivity index (χ0) is 17.6. The first-order valence-electron chi connectivity index (χ1n) is 8.84. The van der Waals surface area contributed by atoms with Crippen LogP contribution in [0.2, 0.25) is 0 Å². The van der Waals surface area contributed by atoms with Gasteiger partial charge in [0.1, 0.15) is 11.6 Å². The molecular weight excluding hydrogens is 316 g/mol. The number of anilines is 3. The molecule has 1 aromatic heterocycles. The fourth-order valence-corrected chi connectivity index (χ4v) is 2.79. The molecule has 1 aromatic carbocycles. The maximum absolute atomic E-state index is 5.84. The smallest absolute Gasteiger partial charge is 0.229 e. The maximum Gasteiger partial charge on any atom is 0.229 e.